The second-order valence-electron chi connectivity index (χ2n) is 2.77. The van der Waals surface area contributed by atoms with Gasteiger partial charge in [0.05, 0.1) is 0 Å². The summed E-state index contributed by atoms with van der Waals surface area (Å²) in [5.74, 6) is 0.721. The minimum Gasteiger partial charge on any atom is -0.308 e. The summed E-state index contributed by atoms with van der Waals surface area (Å²) >= 11 is 0. The lowest BCUT2D eigenvalue weighted by Crippen LogP contribution is -2.36. The van der Waals surface area contributed by atoms with E-state index in [0.717, 1.165) is 12.6 Å². The highest BCUT2D eigenvalue weighted by atomic mass is 15.1. The molecule has 0 fully saturated rings. The second-order valence-corrected chi connectivity index (χ2v) is 2.77. The topological polar surface area (TPSA) is 24.1 Å². The Bertz CT molecular complexity index is 61.9. The molecule has 9 heavy (non-hydrogen) atoms. The fourth-order valence-corrected chi connectivity index (χ4v) is 0.499. The van der Waals surface area contributed by atoms with Crippen LogP contribution >= 0.6 is 0 Å². The lowest BCUT2D eigenvalue weighted by atomic mass is 10.1. The van der Waals surface area contributed by atoms with Crippen molar-refractivity contribution in [2.75, 3.05) is 13.7 Å². The van der Waals surface area contributed by atoms with E-state index in [1.807, 2.05) is 7.05 Å². The summed E-state index contributed by atoms with van der Waals surface area (Å²) in [6.45, 7) is 7.53. The molecular weight excluding hydrogens is 112 g/mol. The fraction of sp³-hybridized carbons (Fsp3) is 1.00. The molecule has 0 aromatic carbocycles. The molecule has 0 rings (SSSR count). The Morgan fingerprint density at radius 1 is 1.22 bits per heavy atom. The van der Waals surface area contributed by atoms with Crippen molar-refractivity contribution in [2.24, 2.45) is 5.92 Å². The van der Waals surface area contributed by atoms with Gasteiger partial charge in [0.15, 0.2) is 0 Å². The van der Waals surface area contributed by atoms with Gasteiger partial charge in [0.2, 0.25) is 0 Å². The Morgan fingerprint density at radius 3 is 2.11 bits per heavy atom. The SMILES string of the molecule is CNCNC(C)C(C)C. The third-order valence-electron chi connectivity index (χ3n) is 1.60. The summed E-state index contributed by atoms with van der Waals surface area (Å²) < 4.78 is 0. The van der Waals surface area contributed by atoms with Crippen LogP contribution in [0.25, 0.3) is 0 Å². The molecule has 0 aliphatic carbocycles. The minimum atomic E-state index is 0.609. The molecule has 2 nitrogen and oxygen atoms in total. The summed E-state index contributed by atoms with van der Waals surface area (Å²) in [5.41, 5.74) is 0. The number of nitrogens with one attached hydrogen (secondary N) is 2. The van der Waals surface area contributed by atoms with E-state index >= 15 is 0 Å². The van der Waals surface area contributed by atoms with E-state index in [2.05, 4.69) is 31.4 Å². The van der Waals surface area contributed by atoms with E-state index in [-0.39, 0.29) is 0 Å². The van der Waals surface area contributed by atoms with Crippen LogP contribution in [0.3, 0.4) is 0 Å². The van der Waals surface area contributed by atoms with Crippen LogP contribution in [-0.2, 0) is 0 Å². The molecule has 0 bridgehead atoms. The van der Waals surface area contributed by atoms with Crippen molar-refractivity contribution in [3.05, 3.63) is 0 Å². The number of rotatable bonds is 4. The van der Waals surface area contributed by atoms with E-state index in [1.54, 1.807) is 0 Å². The summed E-state index contributed by atoms with van der Waals surface area (Å²) in [6, 6.07) is 0.609. The zero-order valence-electron chi connectivity index (χ0n) is 6.86. The van der Waals surface area contributed by atoms with Crippen LogP contribution in [0.5, 0.6) is 0 Å². The van der Waals surface area contributed by atoms with Gasteiger partial charge in [0, 0.05) is 12.7 Å². The monoisotopic (exact) mass is 130 g/mol. The molecular formula is C7H18N2. The van der Waals surface area contributed by atoms with Gasteiger partial charge < -0.3 is 10.6 Å². The summed E-state index contributed by atoms with van der Waals surface area (Å²) in [5, 5.41) is 6.36. The summed E-state index contributed by atoms with van der Waals surface area (Å²) in [7, 11) is 1.94. The predicted molar refractivity (Wildman–Crippen MR) is 41.4 cm³/mol. The van der Waals surface area contributed by atoms with Gasteiger partial charge >= 0.3 is 0 Å². The lowest BCUT2D eigenvalue weighted by molar-refractivity contribution is 0.418. The molecule has 0 aliphatic rings. The highest BCUT2D eigenvalue weighted by Crippen LogP contribution is 1.97. The molecule has 0 spiro atoms. The molecule has 0 aliphatic heterocycles. The Balaban J connectivity index is 3.16. The first-order valence-electron chi connectivity index (χ1n) is 3.56. The Hall–Kier alpha value is -0.0800. The highest BCUT2D eigenvalue weighted by molar-refractivity contribution is 4.62. The van der Waals surface area contributed by atoms with Crippen LogP contribution < -0.4 is 10.6 Å². The third kappa shape index (κ3) is 4.43. The van der Waals surface area contributed by atoms with Crippen LogP contribution in [-0.4, -0.2) is 19.8 Å². The van der Waals surface area contributed by atoms with Gasteiger partial charge in [-0.2, -0.15) is 0 Å². The third-order valence-corrected chi connectivity index (χ3v) is 1.60. The standard InChI is InChI=1S/C7H18N2/c1-6(2)7(3)9-5-8-4/h6-9H,5H2,1-4H3. The molecule has 0 saturated heterocycles. The van der Waals surface area contributed by atoms with Crippen LogP contribution in [0.15, 0.2) is 0 Å². The lowest BCUT2D eigenvalue weighted by Gasteiger charge is -2.16. The average Bonchev–Trinajstić information content (AvgIpc) is 1.82. The van der Waals surface area contributed by atoms with Gasteiger partial charge in [-0.15, -0.1) is 0 Å². The van der Waals surface area contributed by atoms with E-state index in [1.165, 1.54) is 0 Å². The van der Waals surface area contributed by atoms with Crippen molar-refractivity contribution < 1.29 is 0 Å². The first-order valence-corrected chi connectivity index (χ1v) is 3.56. The van der Waals surface area contributed by atoms with Gasteiger partial charge in [-0.25, -0.2) is 0 Å². The van der Waals surface area contributed by atoms with Crippen molar-refractivity contribution in [2.45, 2.75) is 26.8 Å². The maximum Gasteiger partial charge on any atom is 0.0453 e. The van der Waals surface area contributed by atoms with Gasteiger partial charge in [-0.1, -0.05) is 13.8 Å². The van der Waals surface area contributed by atoms with E-state index in [0.29, 0.717) is 6.04 Å². The molecule has 1 atom stereocenters. The summed E-state index contributed by atoms with van der Waals surface area (Å²) in [4.78, 5) is 0. The summed E-state index contributed by atoms with van der Waals surface area (Å²) in [6.07, 6.45) is 0. The second kappa shape index (κ2) is 4.77. The average molecular weight is 130 g/mol. The maximum atomic E-state index is 3.32. The van der Waals surface area contributed by atoms with Crippen molar-refractivity contribution >= 4 is 0 Å². The number of hydrogen-bond acceptors (Lipinski definition) is 2. The van der Waals surface area contributed by atoms with Crippen molar-refractivity contribution in [3.63, 3.8) is 0 Å². The Labute approximate surface area is 58.0 Å². The van der Waals surface area contributed by atoms with Crippen LogP contribution in [0.4, 0.5) is 0 Å². The zero-order valence-corrected chi connectivity index (χ0v) is 6.86. The molecule has 0 heterocycles. The van der Waals surface area contributed by atoms with Gasteiger partial charge in [-0.05, 0) is 19.9 Å². The molecule has 0 saturated carbocycles. The molecule has 1 unspecified atom stereocenters. The molecule has 2 heteroatoms. The highest BCUT2D eigenvalue weighted by Gasteiger charge is 2.03. The van der Waals surface area contributed by atoms with Gasteiger partial charge in [-0.3, -0.25) is 0 Å². The smallest absolute Gasteiger partial charge is 0.0453 e. The predicted octanol–water partition coefficient (Wildman–Crippen LogP) is 0.797. The van der Waals surface area contributed by atoms with Crippen molar-refractivity contribution in [3.8, 4) is 0 Å². The molecule has 56 valence electrons. The van der Waals surface area contributed by atoms with Gasteiger partial charge in [0.1, 0.15) is 0 Å². The largest absolute Gasteiger partial charge is 0.308 e. The van der Waals surface area contributed by atoms with Crippen molar-refractivity contribution in [1.29, 1.82) is 0 Å². The Morgan fingerprint density at radius 2 is 1.78 bits per heavy atom. The van der Waals surface area contributed by atoms with Gasteiger partial charge in [0.25, 0.3) is 0 Å². The van der Waals surface area contributed by atoms with E-state index < -0.39 is 0 Å². The van der Waals surface area contributed by atoms with Crippen molar-refractivity contribution in [1.82, 2.24) is 10.6 Å². The maximum absolute atomic E-state index is 3.32. The molecule has 2 N–H and O–H groups in total. The quantitative estimate of drug-likeness (QED) is 0.550. The first-order chi connectivity index (χ1) is 4.18. The van der Waals surface area contributed by atoms with E-state index in [4.69, 9.17) is 0 Å². The normalized spacial score (nSPS) is 14.3. The fourth-order valence-electron chi connectivity index (χ4n) is 0.499. The van der Waals surface area contributed by atoms with Crippen LogP contribution in [0.1, 0.15) is 20.8 Å². The molecule has 0 aromatic heterocycles. The van der Waals surface area contributed by atoms with Crippen LogP contribution in [0.2, 0.25) is 0 Å². The minimum absolute atomic E-state index is 0.609. The molecule has 0 radical (unpaired) electrons. The zero-order chi connectivity index (χ0) is 7.28. The van der Waals surface area contributed by atoms with Crippen LogP contribution in [0, 0.1) is 5.92 Å². The molecule has 0 aromatic rings. The number of hydrogen-bond donors (Lipinski definition) is 2. The Kier molecular flexibility index (Phi) is 4.72. The first kappa shape index (κ1) is 8.92. The molecule has 0 amide bonds. The van der Waals surface area contributed by atoms with E-state index in [9.17, 15) is 0 Å².